The maximum absolute atomic E-state index is 11.0. The first-order valence-electron chi connectivity index (χ1n) is 2.42. The van der Waals surface area contributed by atoms with E-state index < -0.39 is 7.14 Å². The Balaban J connectivity index is 2.45. The zero-order valence-corrected chi connectivity index (χ0v) is 5.69. The smallest absolute Gasteiger partial charge is 0.147 e. The monoisotopic (exact) mass is 136 g/mol. The molecule has 1 aliphatic heterocycles. The molecular formula is C4H9O3P. The van der Waals surface area contributed by atoms with Gasteiger partial charge in [-0.1, -0.05) is 0 Å². The molecule has 1 heterocycles. The average molecular weight is 136 g/mol. The molecule has 0 amide bonds. The molecule has 0 spiro atoms. The first-order valence-corrected chi connectivity index (χ1v) is 4.94. The minimum atomic E-state index is -2.03. The van der Waals surface area contributed by atoms with Gasteiger partial charge in [0.2, 0.25) is 0 Å². The maximum Gasteiger partial charge on any atom is 0.147 e. The minimum Gasteiger partial charge on any atom is -0.348 e. The first kappa shape index (κ1) is 6.27. The van der Waals surface area contributed by atoms with Crippen molar-refractivity contribution in [3.63, 3.8) is 0 Å². The molecule has 1 fully saturated rings. The van der Waals surface area contributed by atoms with Crippen LogP contribution in [0.15, 0.2) is 0 Å². The summed E-state index contributed by atoms with van der Waals surface area (Å²) in [4.78, 5) is 0. The lowest BCUT2D eigenvalue weighted by Crippen LogP contribution is -2.11. The van der Waals surface area contributed by atoms with Crippen molar-refractivity contribution in [1.82, 2.24) is 0 Å². The van der Waals surface area contributed by atoms with Crippen LogP contribution in [0.2, 0.25) is 0 Å². The van der Waals surface area contributed by atoms with Crippen molar-refractivity contribution in [1.29, 1.82) is 0 Å². The summed E-state index contributed by atoms with van der Waals surface area (Å²) >= 11 is 0. The zero-order chi connectivity index (χ0) is 6.04. The van der Waals surface area contributed by atoms with E-state index in [0.29, 0.717) is 19.5 Å². The first-order chi connectivity index (χ1) is 3.71. The summed E-state index contributed by atoms with van der Waals surface area (Å²) in [5.74, 6) is 0. The Labute approximate surface area is 48.3 Å². The molecule has 1 rings (SSSR count). The zero-order valence-electron chi connectivity index (χ0n) is 4.79. The van der Waals surface area contributed by atoms with E-state index in [1.807, 2.05) is 0 Å². The fourth-order valence-corrected chi connectivity index (χ4v) is 1.55. The van der Waals surface area contributed by atoms with Crippen molar-refractivity contribution in [2.75, 3.05) is 26.2 Å². The summed E-state index contributed by atoms with van der Waals surface area (Å²) in [6.45, 7) is 1.99. The highest BCUT2D eigenvalue weighted by atomic mass is 31.2. The molecule has 0 N–H and O–H groups in total. The highest BCUT2D eigenvalue weighted by Gasteiger charge is 2.19. The quantitative estimate of drug-likeness (QED) is 0.464. The van der Waals surface area contributed by atoms with Crippen LogP contribution in [-0.2, 0) is 14.0 Å². The molecule has 0 saturated carbocycles. The van der Waals surface area contributed by atoms with Gasteiger partial charge in [0.15, 0.2) is 0 Å². The summed E-state index contributed by atoms with van der Waals surface area (Å²) in [6, 6.07) is 0. The Morgan fingerprint density at radius 2 is 1.88 bits per heavy atom. The van der Waals surface area contributed by atoms with Crippen LogP contribution in [0.1, 0.15) is 0 Å². The Bertz CT molecular complexity index is 112. The second kappa shape index (κ2) is 2.18. The number of hydrogen-bond donors (Lipinski definition) is 0. The van der Waals surface area contributed by atoms with Crippen LogP contribution in [0.5, 0.6) is 0 Å². The summed E-state index contributed by atoms with van der Waals surface area (Å²) < 4.78 is 20.6. The third kappa shape index (κ3) is 1.58. The normalized spacial score (nSPS) is 27.6. The van der Waals surface area contributed by atoms with E-state index in [9.17, 15) is 4.57 Å². The van der Waals surface area contributed by atoms with Crippen LogP contribution in [0.4, 0.5) is 0 Å². The van der Waals surface area contributed by atoms with Crippen molar-refractivity contribution in [2.24, 2.45) is 0 Å². The summed E-state index contributed by atoms with van der Waals surface area (Å²) in [5.41, 5.74) is 0. The number of rotatable bonds is 0. The Morgan fingerprint density at radius 1 is 1.38 bits per heavy atom. The maximum atomic E-state index is 11.0. The third-order valence-electron chi connectivity index (χ3n) is 0.895. The molecule has 8 heavy (non-hydrogen) atoms. The van der Waals surface area contributed by atoms with Crippen molar-refractivity contribution in [3.05, 3.63) is 0 Å². The van der Waals surface area contributed by atoms with Gasteiger partial charge in [-0.15, -0.1) is 0 Å². The number of hydrogen-bond acceptors (Lipinski definition) is 3. The van der Waals surface area contributed by atoms with Gasteiger partial charge >= 0.3 is 0 Å². The van der Waals surface area contributed by atoms with Gasteiger partial charge in [-0.25, -0.2) is 0 Å². The second-order valence-corrected chi connectivity index (χ2v) is 5.19. The lowest BCUT2D eigenvalue weighted by Gasteiger charge is -2.18. The van der Waals surface area contributed by atoms with Crippen LogP contribution in [-0.4, -0.2) is 26.2 Å². The predicted octanol–water partition coefficient (Wildman–Crippen LogP) is 0.899. The van der Waals surface area contributed by atoms with E-state index in [1.165, 1.54) is 0 Å². The summed E-state index contributed by atoms with van der Waals surface area (Å²) in [6.07, 6.45) is 0.764. The molecule has 0 bridgehead atoms. The fourth-order valence-electron chi connectivity index (χ4n) is 0.557. The molecule has 1 aliphatic rings. The van der Waals surface area contributed by atoms with E-state index in [1.54, 1.807) is 6.66 Å². The Hall–Kier alpha value is 0.150. The third-order valence-corrected chi connectivity index (χ3v) is 2.35. The summed E-state index contributed by atoms with van der Waals surface area (Å²) in [7, 11) is -2.03. The largest absolute Gasteiger partial charge is 0.348 e. The van der Waals surface area contributed by atoms with E-state index in [2.05, 4.69) is 0 Å². The highest BCUT2D eigenvalue weighted by Crippen LogP contribution is 2.42. The molecule has 0 unspecified atom stereocenters. The average Bonchev–Trinajstić information content (AvgIpc) is 1.65. The molecular weight excluding hydrogens is 127 g/mol. The molecule has 0 aromatic carbocycles. The lowest BCUT2D eigenvalue weighted by molar-refractivity contribution is -0.0382. The van der Waals surface area contributed by atoms with E-state index in [0.717, 1.165) is 0 Å². The van der Waals surface area contributed by atoms with Crippen LogP contribution in [0.3, 0.4) is 0 Å². The van der Waals surface area contributed by atoms with Crippen LogP contribution >= 0.6 is 7.14 Å². The minimum absolute atomic E-state index is 0.303. The molecule has 0 radical (unpaired) electrons. The highest BCUT2D eigenvalue weighted by molar-refractivity contribution is 7.62. The lowest BCUT2D eigenvalue weighted by atomic mass is 11.3. The van der Waals surface area contributed by atoms with Crippen LogP contribution in [0, 0.1) is 0 Å². The van der Waals surface area contributed by atoms with Gasteiger partial charge in [-0.05, 0) is 6.66 Å². The van der Waals surface area contributed by atoms with E-state index >= 15 is 0 Å². The van der Waals surface area contributed by atoms with Gasteiger partial charge in [0, 0.05) is 0 Å². The second-order valence-electron chi connectivity index (χ2n) is 2.08. The topological polar surface area (TPSA) is 35.5 Å². The molecule has 3 nitrogen and oxygen atoms in total. The fraction of sp³-hybridized carbons (Fsp3) is 1.00. The molecule has 4 heteroatoms. The molecule has 0 aromatic heterocycles. The Morgan fingerprint density at radius 3 is 2.12 bits per heavy atom. The standard InChI is InChI=1S/C4H9O3P/c1-8(5)3-6-2-7-4-8/h2-4H2,1H3. The van der Waals surface area contributed by atoms with Crippen molar-refractivity contribution >= 4 is 7.14 Å². The summed E-state index contributed by atoms with van der Waals surface area (Å²) in [5, 5.41) is 0. The van der Waals surface area contributed by atoms with Gasteiger partial charge in [0.25, 0.3) is 0 Å². The Kier molecular flexibility index (Phi) is 1.71. The van der Waals surface area contributed by atoms with Gasteiger partial charge in [-0.2, -0.15) is 0 Å². The van der Waals surface area contributed by atoms with Gasteiger partial charge < -0.3 is 14.0 Å². The SMILES string of the molecule is CP1(=O)COCOC1. The number of ether oxygens (including phenoxy) is 2. The van der Waals surface area contributed by atoms with E-state index in [4.69, 9.17) is 9.47 Å². The van der Waals surface area contributed by atoms with Gasteiger partial charge in [0.05, 0.1) is 0 Å². The molecule has 1 saturated heterocycles. The van der Waals surface area contributed by atoms with Gasteiger partial charge in [-0.3, -0.25) is 0 Å². The van der Waals surface area contributed by atoms with E-state index in [-0.39, 0.29) is 0 Å². The van der Waals surface area contributed by atoms with Crippen molar-refractivity contribution in [2.45, 2.75) is 0 Å². The van der Waals surface area contributed by atoms with Crippen molar-refractivity contribution < 1.29 is 14.0 Å². The van der Waals surface area contributed by atoms with Crippen LogP contribution in [0.25, 0.3) is 0 Å². The molecule has 0 atom stereocenters. The van der Waals surface area contributed by atoms with Crippen molar-refractivity contribution in [3.8, 4) is 0 Å². The predicted molar refractivity (Wildman–Crippen MR) is 30.3 cm³/mol. The molecule has 0 aromatic rings. The van der Waals surface area contributed by atoms with Crippen LogP contribution < -0.4 is 0 Å². The molecule has 0 aliphatic carbocycles. The van der Waals surface area contributed by atoms with Gasteiger partial charge in [0.1, 0.15) is 26.6 Å². The molecule has 48 valence electrons.